The van der Waals surface area contributed by atoms with Crippen LogP contribution in [-0.4, -0.2) is 17.0 Å². The number of ether oxygens (including phenoxy) is 2. The van der Waals surface area contributed by atoms with Gasteiger partial charge in [0.25, 0.3) is 0 Å². The fourth-order valence-electron chi connectivity index (χ4n) is 3.32. The van der Waals surface area contributed by atoms with Crippen LogP contribution < -0.4 is 14.8 Å². The second-order valence-corrected chi connectivity index (χ2v) is 7.78. The Morgan fingerprint density at radius 3 is 2.53 bits per heavy atom. The highest BCUT2D eigenvalue weighted by Gasteiger charge is 2.22. The Morgan fingerprint density at radius 2 is 1.70 bits per heavy atom. The molecule has 0 aliphatic carbocycles. The molecule has 0 saturated heterocycles. The maximum Gasteiger partial charge on any atom is 0.247 e. The van der Waals surface area contributed by atoms with Crippen LogP contribution in [0.1, 0.15) is 23.1 Å². The number of halogens is 1. The zero-order chi connectivity index (χ0) is 20.3. The van der Waals surface area contributed by atoms with Gasteiger partial charge in [0.15, 0.2) is 11.5 Å². The second kappa shape index (κ2) is 8.30. The summed E-state index contributed by atoms with van der Waals surface area (Å²) in [7, 11) is 0. The number of hydrogen-bond acceptors (Lipinski definition) is 6. The van der Waals surface area contributed by atoms with E-state index in [0.717, 1.165) is 32.7 Å². The topological polar surface area (TPSA) is 69.4 Å². The lowest BCUT2D eigenvalue weighted by atomic mass is 10.1. The van der Waals surface area contributed by atoms with Crippen molar-refractivity contribution in [2.75, 3.05) is 6.79 Å². The van der Waals surface area contributed by atoms with Crippen molar-refractivity contribution in [3.8, 4) is 23.0 Å². The average molecular weight is 464 g/mol. The second-order valence-electron chi connectivity index (χ2n) is 6.86. The van der Waals surface area contributed by atoms with E-state index in [9.17, 15) is 0 Å². The van der Waals surface area contributed by atoms with Crippen LogP contribution in [0.15, 0.2) is 81.7 Å². The van der Waals surface area contributed by atoms with Gasteiger partial charge >= 0.3 is 0 Å². The molecular weight excluding hydrogens is 446 g/mol. The maximum atomic E-state index is 6.04. The smallest absolute Gasteiger partial charge is 0.247 e. The van der Waals surface area contributed by atoms with Gasteiger partial charge in [-0.15, -0.1) is 10.2 Å². The van der Waals surface area contributed by atoms with Gasteiger partial charge in [-0.25, -0.2) is 0 Å². The Hall–Kier alpha value is -3.16. The van der Waals surface area contributed by atoms with Crippen molar-refractivity contribution in [3.05, 3.63) is 94.3 Å². The molecule has 5 rings (SSSR count). The molecule has 6 nitrogen and oxygen atoms in total. The zero-order valence-electron chi connectivity index (χ0n) is 15.9. The predicted octanol–water partition coefficient (Wildman–Crippen LogP) is 5.11. The Kier molecular flexibility index (Phi) is 5.21. The van der Waals surface area contributed by atoms with E-state index < -0.39 is 0 Å². The van der Waals surface area contributed by atoms with Crippen LogP contribution in [0.25, 0.3) is 11.5 Å². The van der Waals surface area contributed by atoms with E-state index >= 15 is 0 Å². The van der Waals surface area contributed by atoms with Crippen LogP contribution >= 0.6 is 15.9 Å². The van der Waals surface area contributed by atoms with Crippen LogP contribution in [0.2, 0.25) is 0 Å². The minimum absolute atomic E-state index is 0.256. The molecule has 0 saturated carbocycles. The number of aromatic nitrogens is 2. The molecular formula is C23H18BrN3O3. The van der Waals surface area contributed by atoms with Crippen molar-refractivity contribution in [3.63, 3.8) is 0 Å². The van der Waals surface area contributed by atoms with E-state index in [4.69, 9.17) is 13.9 Å². The lowest BCUT2D eigenvalue weighted by Gasteiger charge is -2.16. The van der Waals surface area contributed by atoms with Crippen molar-refractivity contribution in [2.24, 2.45) is 0 Å². The highest BCUT2D eigenvalue weighted by atomic mass is 79.9. The quantitative estimate of drug-likeness (QED) is 0.428. The van der Waals surface area contributed by atoms with Gasteiger partial charge < -0.3 is 13.9 Å². The van der Waals surface area contributed by atoms with Gasteiger partial charge in [-0.1, -0.05) is 52.3 Å². The number of hydrogen-bond donors (Lipinski definition) is 1. The number of fused-ring (bicyclic) bond motifs is 1. The van der Waals surface area contributed by atoms with Gasteiger partial charge in [-0.2, -0.15) is 0 Å². The fraction of sp³-hybridized carbons (Fsp3) is 0.130. The van der Waals surface area contributed by atoms with Crippen LogP contribution in [0.4, 0.5) is 0 Å². The number of rotatable bonds is 6. The first-order chi connectivity index (χ1) is 14.8. The van der Waals surface area contributed by atoms with Gasteiger partial charge in [-0.3, -0.25) is 5.32 Å². The number of benzene rings is 3. The molecule has 7 heteroatoms. The molecule has 0 bridgehead atoms. The van der Waals surface area contributed by atoms with Crippen molar-refractivity contribution in [2.45, 2.75) is 12.6 Å². The van der Waals surface area contributed by atoms with E-state index in [0.29, 0.717) is 18.3 Å². The maximum absolute atomic E-state index is 6.04. The van der Waals surface area contributed by atoms with E-state index in [1.807, 2.05) is 72.8 Å². The molecule has 0 radical (unpaired) electrons. The van der Waals surface area contributed by atoms with Crippen molar-refractivity contribution < 1.29 is 13.9 Å². The van der Waals surface area contributed by atoms with Crippen LogP contribution in [-0.2, 0) is 6.54 Å². The summed E-state index contributed by atoms with van der Waals surface area (Å²) < 4.78 is 17.9. The molecule has 4 aromatic rings. The van der Waals surface area contributed by atoms with E-state index in [2.05, 4.69) is 31.4 Å². The standard InChI is InChI=1S/C23H18BrN3O3/c24-18-9-7-16(8-10-18)21(23-27-26-22(30-23)17-4-2-1-3-5-17)25-13-15-6-11-19-20(12-15)29-14-28-19/h1-12,21,25H,13-14H2/t21-/m1/s1. The molecule has 3 aromatic carbocycles. The summed E-state index contributed by atoms with van der Waals surface area (Å²) in [6.07, 6.45) is 0. The third-order valence-electron chi connectivity index (χ3n) is 4.86. The summed E-state index contributed by atoms with van der Waals surface area (Å²) >= 11 is 3.49. The minimum atomic E-state index is -0.256. The molecule has 1 aliphatic rings. The molecule has 30 heavy (non-hydrogen) atoms. The third kappa shape index (κ3) is 3.94. The summed E-state index contributed by atoms with van der Waals surface area (Å²) in [5, 5.41) is 12.1. The Morgan fingerprint density at radius 1 is 0.900 bits per heavy atom. The van der Waals surface area contributed by atoms with Gasteiger partial charge in [-0.05, 0) is 47.5 Å². The lowest BCUT2D eigenvalue weighted by Crippen LogP contribution is -2.22. The highest BCUT2D eigenvalue weighted by Crippen LogP contribution is 2.33. The molecule has 0 spiro atoms. The molecule has 1 aromatic heterocycles. The van der Waals surface area contributed by atoms with Crippen molar-refractivity contribution in [1.82, 2.24) is 15.5 Å². The SMILES string of the molecule is Brc1ccc([C@@H](NCc2ccc3c(c2)OCO3)c2nnc(-c3ccccc3)o2)cc1. The van der Waals surface area contributed by atoms with Crippen LogP contribution in [0.3, 0.4) is 0 Å². The Labute approximate surface area is 182 Å². The molecule has 0 unspecified atom stereocenters. The summed E-state index contributed by atoms with van der Waals surface area (Å²) in [4.78, 5) is 0. The van der Waals surface area contributed by atoms with Crippen molar-refractivity contribution in [1.29, 1.82) is 0 Å². The zero-order valence-corrected chi connectivity index (χ0v) is 17.5. The lowest BCUT2D eigenvalue weighted by molar-refractivity contribution is 0.174. The molecule has 150 valence electrons. The molecule has 1 aliphatic heterocycles. The van der Waals surface area contributed by atoms with Crippen molar-refractivity contribution >= 4 is 15.9 Å². The Balaban J connectivity index is 1.42. The summed E-state index contributed by atoms with van der Waals surface area (Å²) in [6, 6.07) is 23.5. The van der Waals surface area contributed by atoms with Gasteiger partial charge in [0.2, 0.25) is 18.6 Å². The van der Waals surface area contributed by atoms with E-state index in [1.165, 1.54) is 0 Å². The van der Waals surface area contributed by atoms with E-state index in [1.54, 1.807) is 0 Å². The number of nitrogens with one attached hydrogen (secondary N) is 1. The largest absolute Gasteiger partial charge is 0.454 e. The monoisotopic (exact) mass is 463 g/mol. The minimum Gasteiger partial charge on any atom is -0.454 e. The Bertz CT molecular complexity index is 1150. The van der Waals surface area contributed by atoms with E-state index in [-0.39, 0.29) is 12.8 Å². The molecule has 1 atom stereocenters. The fourth-order valence-corrected chi connectivity index (χ4v) is 3.59. The third-order valence-corrected chi connectivity index (χ3v) is 5.39. The van der Waals surface area contributed by atoms with Crippen LogP contribution in [0.5, 0.6) is 11.5 Å². The average Bonchev–Trinajstić information content (AvgIpc) is 3.45. The first-order valence-corrected chi connectivity index (χ1v) is 10.3. The normalized spacial score (nSPS) is 13.4. The number of nitrogens with zero attached hydrogens (tertiary/aromatic N) is 2. The van der Waals surface area contributed by atoms with Gasteiger partial charge in [0, 0.05) is 16.6 Å². The molecule has 0 amide bonds. The first-order valence-electron chi connectivity index (χ1n) is 9.52. The highest BCUT2D eigenvalue weighted by molar-refractivity contribution is 9.10. The molecule has 2 heterocycles. The summed E-state index contributed by atoms with van der Waals surface area (Å²) in [5.74, 6) is 2.54. The molecule has 0 fully saturated rings. The summed E-state index contributed by atoms with van der Waals surface area (Å²) in [5.41, 5.74) is 2.99. The van der Waals surface area contributed by atoms with Gasteiger partial charge in [0.1, 0.15) is 6.04 Å². The predicted molar refractivity (Wildman–Crippen MR) is 115 cm³/mol. The van der Waals surface area contributed by atoms with Crippen LogP contribution in [0, 0.1) is 0 Å². The summed E-state index contributed by atoms with van der Waals surface area (Å²) in [6.45, 7) is 0.860. The van der Waals surface area contributed by atoms with Gasteiger partial charge in [0.05, 0.1) is 0 Å². The first kappa shape index (κ1) is 18.8. The molecule has 1 N–H and O–H groups in total.